The predicted octanol–water partition coefficient (Wildman–Crippen LogP) is 4.81. The van der Waals surface area contributed by atoms with Gasteiger partial charge in [-0.1, -0.05) is 29.8 Å². The molecular weight excluding hydrogens is 368 g/mol. The Morgan fingerprint density at radius 3 is 2.42 bits per heavy atom. The molecule has 6 heteroatoms. The summed E-state index contributed by atoms with van der Waals surface area (Å²) in [5, 5.41) is 0.539. The summed E-state index contributed by atoms with van der Waals surface area (Å²) in [6.07, 6.45) is 2.37. The second-order valence-electron chi connectivity index (χ2n) is 7.04. The maximum atomic E-state index is 12.7. The Labute approximate surface area is 161 Å². The van der Waals surface area contributed by atoms with Crippen LogP contribution in [0.15, 0.2) is 30.3 Å². The minimum Gasteiger partial charge on any atom is -0.371 e. The third-order valence-electron chi connectivity index (χ3n) is 4.86. The molecule has 1 saturated heterocycles. The molecular formula is C20H25ClN2O2S. The molecule has 0 atom stereocenters. The zero-order valence-corrected chi connectivity index (χ0v) is 17.0. The van der Waals surface area contributed by atoms with Crippen LogP contribution in [0.5, 0.6) is 0 Å². The summed E-state index contributed by atoms with van der Waals surface area (Å²) < 4.78 is 28.3. The molecule has 0 radical (unpaired) electrons. The number of nitrogens with zero attached hydrogens (tertiary/aromatic N) is 1. The first kappa shape index (κ1) is 19.1. The van der Waals surface area contributed by atoms with Gasteiger partial charge in [-0.2, -0.15) is 0 Å². The van der Waals surface area contributed by atoms with Crippen LogP contribution in [0.4, 0.5) is 11.4 Å². The monoisotopic (exact) mass is 392 g/mol. The summed E-state index contributed by atoms with van der Waals surface area (Å²) >= 11 is 5.97. The number of hydrogen-bond donors (Lipinski definition) is 1. The lowest BCUT2D eigenvalue weighted by Gasteiger charge is -2.26. The molecule has 1 aliphatic rings. The Morgan fingerprint density at radius 1 is 1.08 bits per heavy atom. The average Bonchev–Trinajstić information content (AvgIpc) is 3.05. The molecule has 0 spiro atoms. The smallest absolute Gasteiger partial charge is 0.236 e. The highest BCUT2D eigenvalue weighted by Gasteiger charge is 2.22. The molecule has 0 aromatic heterocycles. The molecule has 0 saturated carbocycles. The van der Waals surface area contributed by atoms with Crippen molar-refractivity contribution in [2.45, 2.75) is 39.4 Å². The van der Waals surface area contributed by atoms with Gasteiger partial charge in [0, 0.05) is 23.8 Å². The van der Waals surface area contributed by atoms with E-state index in [0.29, 0.717) is 16.3 Å². The molecule has 2 aromatic rings. The molecule has 0 unspecified atom stereocenters. The van der Waals surface area contributed by atoms with Crippen LogP contribution in [0.1, 0.15) is 35.1 Å². The maximum Gasteiger partial charge on any atom is 0.236 e. The quantitative estimate of drug-likeness (QED) is 0.794. The van der Waals surface area contributed by atoms with Gasteiger partial charge in [0.2, 0.25) is 10.0 Å². The molecule has 1 heterocycles. The third kappa shape index (κ3) is 4.15. The fourth-order valence-electron chi connectivity index (χ4n) is 3.80. The van der Waals surface area contributed by atoms with Crippen molar-refractivity contribution >= 4 is 33.0 Å². The van der Waals surface area contributed by atoms with E-state index in [9.17, 15) is 8.42 Å². The van der Waals surface area contributed by atoms with Crippen LogP contribution in [0.25, 0.3) is 0 Å². The van der Waals surface area contributed by atoms with E-state index in [-0.39, 0.29) is 5.75 Å². The summed E-state index contributed by atoms with van der Waals surface area (Å²) in [7, 11) is -3.53. The van der Waals surface area contributed by atoms with Crippen LogP contribution < -0.4 is 9.62 Å². The first-order chi connectivity index (χ1) is 12.3. The molecule has 3 rings (SSSR count). The molecule has 0 amide bonds. The third-order valence-corrected chi connectivity index (χ3v) is 6.32. The van der Waals surface area contributed by atoms with Crippen molar-refractivity contribution in [3.8, 4) is 0 Å². The van der Waals surface area contributed by atoms with Gasteiger partial charge >= 0.3 is 0 Å². The summed E-state index contributed by atoms with van der Waals surface area (Å²) in [5.74, 6) is -0.0979. The molecule has 0 aliphatic carbocycles. The zero-order chi connectivity index (χ0) is 18.9. The Morgan fingerprint density at radius 2 is 1.77 bits per heavy atom. The number of benzene rings is 2. The second-order valence-corrected chi connectivity index (χ2v) is 9.20. The predicted molar refractivity (Wildman–Crippen MR) is 110 cm³/mol. The van der Waals surface area contributed by atoms with Crippen LogP contribution in [0.3, 0.4) is 0 Å². The van der Waals surface area contributed by atoms with Crippen LogP contribution >= 0.6 is 11.6 Å². The summed E-state index contributed by atoms with van der Waals surface area (Å²) in [4.78, 5) is 2.36. The number of nitrogens with one attached hydrogen (secondary N) is 1. The van der Waals surface area contributed by atoms with Gasteiger partial charge in [-0.3, -0.25) is 4.72 Å². The van der Waals surface area contributed by atoms with E-state index < -0.39 is 10.0 Å². The standard InChI is InChI=1S/C20H25ClN2O2S/c1-14-11-15(2)20(23-9-4-5-10-23)16(3)19(14)22-26(24,25)13-17-7-6-8-18(21)12-17/h6-8,11-12,22H,4-5,9-10,13H2,1-3H3. The summed E-state index contributed by atoms with van der Waals surface area (Å²) in [6, 6.07) is 9.03. The van der Waals surface area contributed by atoms with Crippen LogP contribution in [0, 0.1) is 20.8 Å². The highest BCUT2D eigenvalue weighted by atomic mass is 35.5. The van der Waals surface area contributed by atoms with Crippen molar-refractivity contribution in [3.63, 3.8) is 0 Å². The summed E-state index contributed by atoms with van der Waals surface area (Å²) in [6.45, 7) is 8.10. The minimum atomic E-state index is -3.53. The van der Waals surface area contributed by atoms with Crippen molar-refractivity contribution in [2.24, 2.45) is 0 Å². The lowest BCUT2D eigenvalue weighted by atomic mass is 10.0. The minimum absolute atomic E-state index is 0.0979. The van der Waals surface area contributed by atoms with Gasteiger partial charge in [-0.05, 0) is 68.0 Å². The first-order valence-corrected chi connectivity index (χ1v) is 10.9. The van der Waals surface area contributed by atoms with E-state index in [2.05, 4.69) is 22.6 Å². The Hall–Kier alpha value is -1.72. The molecule has 1 aliphatic heterocycles. The van der Waals surface area contributed by atoms with Crippen molar-refractivity contribution < 1.29 is 8.42 Å². The molecule has 0 bridgehead atoms. The largest absolute Gasteiger partial charge is 0.371 e. The molecule has 1 fully saturated rings. The van der Waals surface area contributed by atoms with Gasteiger partial charge in [-0.15, -0.1) is 0 Å². The highest BCUT2D eigenvalue weighted by Crippen LogP contribution is 2.36. The number of anilines is 2. The Bertz CT molecular complexity index is 920. The van der Waals surface area contributed by atoms with Crippen molar-refractivity contribution in [1.29, 1.82) is 0 Å². The fraction of sp³-hybridized carbons (Fsp3) is 0.400. The number of sulfonamides is 1. The maximum absolute atomic E-state index is 12.7. The number of halogens is 1. The lowest BCUT2D eigenvalue weighted by Crippen LogP contribution is -2.22. The fourth-order valence-corrected chi connectivity index (χ4v) is 5.33. The molecule has 2 aromatic carbocycles. The first-order valence-electron chi connectivity index (χ1n) is 8.87. The molecule has 140 valence electrons. The number of rotatable bonds is 5. The van der Waals surface area contributed by atoms with Crippen molar-refractivity contribution in [1.82, 2.24) is 0 Å². The topological polar surface area (TPSA) is 49.4 Å². The van der Waals surface area contributed by atoms with Gasteiger partial charge in [0.1, 0.15) is 0 Å². The van der Waals surface area contributed by atoms with E-state index in [1.807, 2.05) is 13.8 Å². The van der Waals surface area contributed by atoms with E-state index in [1.54, 1.807) is 24.3 Å². The lowest BCUT2D eigenvalue weighted by molar-refractivity contribution is 0.600. The Kier molecular flexibility index (Phi) is 5.49. The zero-order valence-electron chi connectivity index (χ0n) is 15.5. The van der Waals surface area contributed by atoms with Gasteiger partial charge in [0.05, 0.1) is 11.4 Å². The van der Waals surface area contributed by atoms with E-state index >= 15 is 0 Å². The highest BCUT2D eigenvalue weighted by molar-refractivity contribution is 7.91. The second kappa shape index (κ2) is 7.49. The summed E-state index contributed by atoms with van der Waals surface area (Å²) in [5.41, 5.74) is 5.66. The SMILES string of the molecule is Cc1cc(C)c(N2CCCC2)c(C)c1NS(=O)(=O)Cc1cccc(Cl)c1. The normalized spacial score (nSPS) is 14.7. The van der Waals surface area contributed by atoms with Crippen molar-refractivity contribution in [2.75, 3.05) is 22.7 Å². The molecule has 26 heavy (non-hydrogen) atoms. The van der Waals surface area contributed by atoms with E-state index in [1.165, 1.54) is 18.4 Å². The van der Waals surface area contributed by atoms with Crippen LogP contribution in [0.2, 0.25) is 5.02 Å². The van der Waals surface area contributed by atoms with Crippen molar-refractivity contribution in [3.05, 3.63) is 57.6 Å². The van der Waals surface area contributed by atoms with Crippen LogP contribution in [-0.4, -0.2) is 21.5 Å². The molecule has 1 N–H and O–H groups in total. The number of hydrogen-bond acceptors (Lipinski definition) is 3. The van der Waals surface area contributed by atoms with Gasteiger partial charge in [-0.25, -0.2) is 8.42 Å². The molecule has 4 nitrogen and oxygen atoms in total. The Balaban J connectivity index is 1.92. The van der Waals surface area contributed by atoms with E-state index in [4.69, 9.17) is 11.6 Å². The van der Waals surface area contributed by atoms with Crippen LogP contribution in [-0.2, 0) is 15.8 Å². The van der Waals surface area contributed by atoms with Gasteiger partial charge in [0.25, 0.3) is 0 Å². The van der Waals surface area contributed by atoms with Gasteiger partial charge in [0.15, 0.2) is 0 Å². The average molecular weight is 393 g/mol. The van der Waals surface area contributed by atoms with E-state index in [0.717, 1.165) is 29.9 Å². The number of aryl methyl sites for hydroxylation is 2. The van der Waals surface area contributed by atoms with Gasteiger partial charge < -0.3 is 4.90 Å².